The molecule has 17 heavy (non-hydrogen) atoms. The van der Waals surface area contributed by atoms with Gasteiger partial charge < -0.3 is 15.2 Å². The van der Waals surface area contributed by atoms with Crippen LogP contribution < -0.4 is 5.73 Å². The van der Waals surface area contributed by atoms with Gasteiger partial charge in [-0.15, -0.1) is 0 Å². The molecular weight excluding hydrogens is 212 g/mol. The molecule has 0 bridgehead atoms. The third kappa shape index (κ3) is 3.54. The van der Waals surface area contributed by atoms with E-state index >= 15 is 0 Å². The zero-order chi connectivity index (χ0) is 12.1. The second-order valence-electron chi connectivity index (χ2n) is 5.19. The Bertz CT molecular complexity index is 328. The Kier molecular flexibility index (Phi) is 4.57. The van der Waals surface area contributed by atoms with Crippen molar-refractivity contribution in [3.8, 4) is 0 Å². The number of rotatable bonds is 6. The van der Waals surface area contributed by atoms with Gasteiger partial charge in [0, 0.05) is 31.4 Å². The van der Waals surface area contributed by atoms with E-state index in [9.17, 15) is 0 Å². The van der Waals surface area contributed by atoms with Crippen LogP contribution in [0.4, 0.5) is 0 Å². The first-order valence-corrected chi connectivity index (χ1v) is 6.71. The van der Waals surface area contributed by atoms with Crippen molar-refractivity contribution < 1.29 is 0 Å². The zero-order valence-electron chi connectivity index (χ0n) is 10.8. The highest BCUT2D eigenvalue weighted by Gasteiger charge is 2.15. The van der Waals surface area contributed by atoms with Gasteiger partial charge in [0.25, 0.3) is 0 Å². The average molecular weight is 236 g/mol. The fourth-order valence-corrected chi connectivity index (χ4v) is 2.67. The summed E-state index contributed by atoms with van der Waals surface area (Å²) in [6.45, 7) is 7.86. The van der Waals surface area contributed by atoms with Crippen LogP contribution >= 0.6 is 0 Å². The highest BCUT2D eigenvalue weighted by atomic mass is 15.1. The van der Waals surface area contributed by atoms with Crippen LogP contribution in [0.15, 0.2) is 12.5 Å². The summed E-state index contributed by atoms with van der Waals surface area (Å²) in [5, 5.41) is 0. The van der Waals surface area contributed by atoms with Gasteiger partial charge in [-0.1, -0.05) is 6.92 Å². The van der Waals surface area contributed by atoms with E-state index in [1.54, 1.807) is 0 Å². The molecule has 1 aliphatic heterocycles. The quantitative estimate of drug-likeness (QED) is 0.805. The fourth-order valence-electron chi connectivity index (χ4n) is 2.67. The highest BCUT2D eigenvalue weighted by molar-refractivity contribution is 4.99. The Morgan fingerprint density at radius 2 is 2.12 bits per heavy atom. The van der Waals surface area contributed by atoms with E-state index < -0.39 is 0 Å². The zero-order valence-corrected chi connectivity index (χ0v) is 10.8. The van der Waals surface area contributed by atoms with Crippen molar-refractivity contribution in [3.05, 3.63) is 18.2 Å². The first-order valence-electron chi connectivity index (χ1n) is 6.71. The lowest BCUT2D eigenvalue weighted by molar-refractivity contribution is 0.270. The molecule has 1 atom stereocenters. The number of likely N-dealkylation sites (tertiary alicyclic amines) is 1. The maximum absolute atomic E-state index is 5.60. The molecule has 0 radical (unpaired) electrons. The van der Waals surface area contributed by atoms with Gasteiger partial charge in [0.2, 0.25) is 0 Å². The lowest BCUT2D eigenvalue weighted by atomic mass is 10.1. The molecule has 0 aliphatic carbocycles. The van der Waals surface area contributed by atoms with Crippen molar-refractivity contribution in [3.63, 3.8) is 0 Å². The van der Waals surface area contributed by atoms with Crippen molar-refractivity contribution in [1.82, 2.24) is 14.5 Å². The minimum atomic E-state index is 0.679. The Labute approximate surface area is 104 Å². The Hall–Kier alpha value is -0.870. The van der Waals surface area contributed by atoms with Crippen molar-refractivity contribution in [2.45, 2.75) is 32.7 Å². The molecule has 0 amide bonds. The van der Waals surface area contributed by atoms with Gasteiger partial charge in [-0.2, -0.15) is 0 Å². The van der Waals surface area contributed by atoms with Gasteiger partial charge in [-0.05, 0) is 38.4 Å². The molecule has 1 unspecified atom stereocenters. The van der Waals surface area contributed by atoms with E-state index in [1.807, 2.05) is 12.5 Å². The molecule has 2 N–H and O–H groups in total. The minimum Gasteiger partial charge on any atom is -0.334 e. The maximum Gasteiger partial charge on any atom is 0.0948 e. The van der Waals surface area contributed by atoms with Crippen molar-refractivity contribution in [1.29, 1.82) is 0 Å². The standard InChI is InChI=1S/C13H24N4/c1-12(9-16-6-2-3-7-16)10-17-11-15-8-13(17)4-5-14/h8,11-12H,2-7,9-10,14H2,1H3. The van der Waals surface area contributed by atoms with Crippen LogP contribution in [0, 0.1) is 5.92 Å². The molecule has 1 saturated heterocycles. The van der Waals surface area contributed by atoms with E-state index in [-0.39, 0.29) is 0 Å². The average Bonchev–Trinajstić information content (AvgIpc) is 2.92. The fraction of sp³-hybridized carbons (Fsp3) is 0.769. The first-order chi connectivity index (χ1) is 8.29. The normalized spacial score (nSPS) is 18.7. The SMILES string of the molecule is CC(CN1CCCC1)Cn1cncc1CCN. The topological polar surface area (TPSA) is 47.1 Å². The van der Waals surface area contributed by atoms with E-state index in [0.717, 1.165) is 13.0 Å². The van der Waals surface area contributed by atoms with Crippen LogP contribution in [-0.2, 0) is 13.0 Å². The van der Waals surface area contributed by atoms with Crippen molar-refractivity contribution in [2.75, 3.05) is 26.2 Å². The van der Waals surface area contributed by atoms with E-state index in [1.165, 1.54) is 38.2 Å². The predicted molar refractivity (Wildman–Crippen MR) is 69.8 cm³/mol. The van der Waals surface area contributed by atoms with Crippen LogP contribution in [0.1, 0.15) is 25.5 Å². The molecule has 4 nitrogen and oxygen atoms in total. The Balaban J connectivity index is 1.83. The van der Waals surface area contributed by atoms with Crippen LogP contribution in [0.3, 0.4) is 0 Å². The summed E-state index contributed by atoms with van der Waals surface area (Å²) >= 11 is 0. The summed E-state index contributed by atoms with van der Waals surface area (Å²) in [4.78, 5) is 6.79. The number of hydrogen-bond donors (Lipinski definition) is 1. The van der Waals surface area contributed by atoms with Crippen LogP contribution in [0.25, 0.3) is 0 Å². The van der Waals surface area contributed by atoms with E-state index in [4.69, 9.17) is 5.73 Å². The Morgan fingerprint density at radius 1 is 1.35 bits per heavy atom. The van der Waals surface area contributed by atoms with Crippen LogP contribution in [0.2, 0.25) is 0 Å². The number of nitrogens with two attached hydrogens (primary N) is 1. The van der Waals surface area contributed by atoms with Gasteiger partial charge in [-0.3, -0.25) is 0 Å². The van der Waals surface area contributed by atoms with E-state index in [0.29, 0.717) is 12.5 Å². The lowest BCUT2D eigenvalue weighted by Crippen LogP contribution is -2.27. The molecule has 4 heteroatoms. The molecule has 1 fully saturated rings. The number of imidazole rings is 1. The molecule has 1 aromatic heterocycles. The molecule has 1 aromatic rings. The molecule has 2 heterocycles. The molecule has 1 aliphatic rings. The monoisotopic (exact) mass is 236 g/mol. The summed E-state index contributed by atoms with van der Waals surface area (Å²) < 4.78 is 2.26. The summed E-state index contributed by atoms with van der Waals surface area (Å²) in [6.07, 6.45) is 7.55. The second-order valence-corrected chi connectivity index (χ2v) is 5.19. The van der Waals surface area contributed by atoms with E-state index in [2.05, 4.69) is 21.4 Å². The minimum absolute atomic E-state index is 0.679. The third-order valence-electron chi connectivity index (χ3n) is 3.48. The number of hydrogen-bond acceptors (Lipinski definition) is 3. The molecule has 0 saturated carbocycles. The summed E-state index contributed by atoms with van der Waals surface area (Å²) in [5.41, 5.74) is 6.87. The van der Waals surface area contributed by atoms with Gasteiger partial charge in [0.15, 0.2) is 0 Å². The summed E-state index contributed by atoms with van der Waals surface area (Å²) in [5.74, 6) is 0.679. The lowest BCUT2D eigenvalue weighted by Gasteiger charge is -2.21. The third-order valence-corrected chi connectivity index (χ3v) is 3.48. The van der Waals surface area contributed by atoms with Crippen LogP contribution in [0.5, 0.6) is 0 Å². The number of aromatic nitrogens is 2. The van der Waals surface area contributed by atoms with Gasteiger partial charge >= 0.3 is 0 Å². The molecular formula is C13H24N4. The molecule has 2 rings (SSSR count). The highest BCUT2D eigenvalue weighted by Crippen LogP contribution is 2.12. The summed E-state index contributed by atoms with van der Waals surface area (Å²) in [7, 11) is 0. The largest absolute Gasteiger partial charge is 0.334 e. The Morgan fingerprint density at radius 3 is 2.82 bits per heavy atom. The van der Waals surface area contributed by atoms with Gasteiger partial charge in [0.1, 0.15) is 0 Å². The first kappa shape index (κ1) is 12.6. The molecule has 0 spiro atoms. The molecule has 96 valence electrons. The predicted octanol–water partition coefficient (Wildman–Crippen LogP) is 1.12. The van der Waals surface area contributed by atoms with Crippen molar-refractivity contribution >= 4 is 0 Å². The maximum atomic E-state index is 5.60. The number of nitrogens with zero attached hydrogens (tertiary/aromatic N) is 3. The van der Waals surface area contributed by atoms with Crippen LogP contribution in [-0.4, -0.2) is 40.6 Å². The molecule has 0 aromatic carbocycles. The second kappa shape index (κ2) is 6.17. The van der Waals surface area contributed by atoms with Gasteiger partial charge in [-0.25, -0.2) is 4.98 Å². The summed E-state index contributed by atoms with van der Waals surface area (Å²) in [6, 6.07) is 0. The van der Waals surface area contributed by atoms with Crippen molar-refractivity contribution in [2.24, 2.45) is 11.7 Å². The van der Waals surface area contributed by atoms with Gasteiger partial charge in [0.05, 0.1) is 6.33 Å². The smallest absolute Gasteiger partial charge is 0.0948 e.